The molecule has 0 radical (unpaired) electrons. The maximum Gasteiger partial charge on any atom is 0.246 e. The van der Waals surface area contributed by atoms with Crippen LogP contribution in [0.3, 0.4) is 0 Å². The van der Waals surface area contributed by atoms with Crippen molar-refractivity contribution in [2.24, 2.45) is 23.7 Å². The molecule has 1 aromatic carbocycles. The third-order valence-electron chi connectivity index (χ3n) is 19.7. The molecule has 1 saturated carbocycles. The molecule has 1 aromatic rings. The van der Waals surface area contributed by atoms with Gasteiger partial charge in [-0.05, 0) is 143 Å². The maximum atomic E-state index is 15.2. The molecule has 5 rings (SSSR count). The van der Waals surface area contributed by atoms with Crippen molar-refractivity contribution in [3.05, 3.63) is 45.6 Å². The van der Waals surface area contributed by atoms with E-state index in [0.29, 0.717) is 49.9 Å². The number of rotatable bonds is 13. The molecule has 10 atom stereocenters. The lowest BCUT2D eigenvalue weighted by molar-refractivity contribution is -0.160. The lowest BCUT2D eigenvalue weighted by Crippen LogP contribution is -2.65. The van der Waals surface area contributed by atoms with E-state index in [1.807, 2.05) is 46.8 Å². The maximum absolute atomic E-state index is 15.2. The first kappa shape index (κ1) is 78.0. The molecule has 524 valence electrons. The molecule has 1 aliphatic carbocycles. The predicted octanol–water partition coefficient (Wildman–Crippen LogP) is 4.50. The summed E-state index contributed by atoms with van der Waals surface area (Å²) in [5.41, 5.74) is -0.535. The van der Waals surface area contributed by atoms with E-state index in [9.17, 15) is 52.7 Å². The number of fused-ring (bicyclic) bond motifs is 1. The Morgan fingerprint density at radius 1 is 0.660 bits per heavy atom. The molecule has 94 heavy (non-hydrogen) atoms. The first-order chi connectivity index (χ1) is 44.0. The first-order valence-electron chi connectivity index (χ1n) is 33.8. The summed E-state index contributed by atoms with van der Waals surface area (Å²) in [6.07, 6.45) is 6.39. The van der Waals surface area contributed by atoms with Crippen molar-refractivity contribution in [2.75, 3.05) is 68.5 Å². The largest absolute Gasteiger partial charge is 0.342 e. The van der Waals surface area contributed by atoms with Crippen LogP contribution in [0.2, 0.25) is 0 Å². The van der Waals surface area contributed by atoms with Crippen molar-refractivity contribution in [3.8, 4) is 0 Å². The number of carbonyl (C=O) groups excluding carboxylic acids is 12. The molecule has 3 saturated heterocycles. The zero-order valence-corrected chi connectivity index (χ0v) is 61.0. The number of amides is 12. The van der Waals surface area contributed by atoms with Crippen LogP contribution in [0.25, 0.3) is 0 Å². The monoisotopic (exact) mass is 1420 g/mol. The minimum atomic E-state index is -1.71. The van der Waals surface area contributed by atoms with Crippen molar-refractivity contribution < 1.29 is 57.5 Å². The van der Waals surface area contributed by atoms with E-state index in [1.165, 1.54) is 90.4 Å². The predicted molar refractivity (Wildman–Crippen MR) is 367 cm³/mol. The Hall–Kier alpha value is -6.67. The Bertz CT molecular complexity index is 2930. The SMILES string of the molecule is C=C(C)C[C@@H]1NC(=O)[C@H](Cc2cccc(I)c2)NC(=O)CN(C)C(=O)[C@H](CC2CCCC2)N(C)C(=O)C2CCN2C(=O)[C@H](C)N(C)C(=O)[C@H]([C@@H](C)CC)NC(=O)[C@H](CC(C)C)N(C)C(=O)C[C@@H](C(=O)N2CCCCC2)N(C)C(=O)[C@H](CC(C)C)NC(=O)C(C)(C)N(C)C1=O. The van der Waals surface area contributed by atoms with Crippen molar-refractivity contribution >= 4 is 93.5 Å². The summed E-state index contributed by atoms with van der Waals surface area (Å²) in [4.78, 5) is 188. The number of likely N-dealkylation sites (N-methyl/N-ethyl adjacent to an activating group) is 6. The first-order valence-corrected chi connectivity index (χ1v) is 34.9. The van der Waals surface area contributed by atoms with Gasteiger partial charge >= 0.3 is 0 Å². The van der Waals surface area contributed by atoms with E-state index in [1.54, 1.807) is 37.8 Å². The number of likely N-dealkylation sites (tertiary alicyclic amines) is 1. The number of piperidine rings is 1. The van der Waals surface area contributed by atoms with Gasteiger partial charge < -0.3 is 60.5 Å². The smallest absolute Gasteiger partial charge is 0.246 e. The van der Waals surface area contributed by atoms with Crippen molar-refractivity contribution in [1.82, 2.24) is 60.5 Å². The molecule has 3 heterocycles. The molecule has 1 unspecified atom stereocenters. The lowest BCUT2D eigenvalue weighted by Gasteiger charge is -2.45. The summed E-state index contributed by atoms with van der Waals surface area (Å²) >= 11 is 2.14. The highest BCUT2D eigenvalue weighted by atomic mass is 127. The molecule has 24 nitrogen and oxygen atoms in total. The zero-order valence-electron chi connectivity index (χ0n) is 58.8. The van der Waals surface area contributed by atoms with Gasteiger partial charge in [0.15, 0.2) is 0 Å². The van der Waals surface area contributed by atoms with Gasteiger partial charge in [-0.25, -0.2) is 0 Å². The third-order valence-corrected chi connectivity index (χ3v) is 20.4. The second kappa shape index (κ2) is 34.8. The van der Waals surface area contributed by atoms with Gasteiger partial charge in [-0.1, -0.05) is 91.4 Å². The van der Waals surface area contributed by atoms with Crippen LogP contribution < -0.4 is 21.3 Å². The van der Waals surface area contributed by atoms with Gasteiger partial charge in [0, 0.05) is 71.9 Å². The molecule has 4 fully saturated rings. The second-order valence-corrected chi connectivity index (χ2v) is 29.6. The summed E-state index contributed by atoms with van der Waals surface area (Å²) < 4.78 is 0.854. The number of carbonyl (C=O) groups is 12. The number of nitrogens with one attached hydrogen (secondary N) is 4. The van der Waals surface area contributed by atoms with Gasteiger partial charge in [-0.3, -0.25) is 57.5 Å². The third kappa shape index (κ3) is 20.2. The summed E-state index contributed by atoms with van der Waals surface area (Å²) in [5, 5.41) is 11.5. The van der Waals surface area contributed by atoms with Crippen molar-refractivity contribution in [3.63, 3.8) is 0 Å². The fourth-order valence-corrected chi connectivity index (χ4v) is 13.5. The highest BCUT2D eigenvalue weighted by Crippen LogP contribution is 2.32. The number of halogens is 1. The fraction of sp³-hybridized carbons (Fsp3) is 0.710. The highest BCUT2D eigenvalue weighted by molar-refractivity contribution is 14.1. The summed E-state index contributed by atoms with van der Waals surface area (Å²) in [6.45, 7) is 21.8. The van der Waals surface area contributed by atoms with Crippen molar-refractivity contribution in [1.29, 1.82) is 0 Å². The van der Waals surface area contributed by atoms with Crippen molar-refractivity contribution in [2.45, 2.75) is 225 Å². The molecule has 0 spiro atoms. The lowest BCUT2D eigenvalue weighted by atomic mass is 9.94. The minimum absolute atomic E-state index is 0.0345. The quantitative estimate of drug-likeness (QED) is 0.157. The average molecular weight is 1430 g/mol. The standard InChI is InChI=1S/C69H109IN12O12/c1-18-44(8)58-67(93)76(13)45(9)61(87)82-32-29-52(82)65(91)79(16)54(38-46-25-20-21-26-46)64(90)75(12)40-56(83)71-49(37-47-27-24-28-48(70)36-47)59(85)72-51(34-42(4)5)63(89)80(17)69(10,11)68(94)73-50(33-41(2)3)62(88)78(15)55(66(92)81-30-22-19-23-31-81)39-57(84)77(14)53(35-43(6)7)60(86)74-58/h24,27-28,36,41,43-46,49-55,58H,4,18-23,25-26,29-35,37-40H2,1-3,5-17H3,(H,71,83)(H,72,85)(H,73,94)(H,74,86)/t44-,45-,49-,50-,51-,52?,53-,54-,55-,58-/m0/s1. The van der Waals surface area contributed by atoms with Gasteiger partial charge in [-0.15, -0.1) is 6.58 Å². The van der Waals surface area contributed by atoms with Gasteiger partial charge in [-0.2, -0.15) is 0 Å². The Morgan fingerprint density at radius 2 is 1.29 bits per heavy atom. The Kier molecular flexibility index (Phi) is 28.9. The molecule has 4 N–H and O–H groups in total. The van der Waals surface area contributed by atoms with E-state index < -0.39 is 150 Å². The highest BCUT2D eigenvalue weighted by Gasteiger charge is 2.47. The van der Waals surface area contributed by atoms with E-state index in [0.717, 1.165) is 35.7 Å². The van der Waals surface area contributed by atoms with Crippen LogP contribution in [0.15, 0.2) is 36.4 Å². The second-order valence-electron chi connectivity index (χ2n) is 28.4. The molecule has 3 aliphatic heterocycles. The number of hydrogen-bond donors (Lipinski definition) is 4. The summed E-state index contributed by atoms with van der Waals surface area (Å²) in [7, 11) is 8.67. The van der Waals surface area contributed by atoms with Crippen LogP contribution in [0, 0.1) is 27.2 Å². The molecule has 0 bridgehead atoms. The van der Waals surface area contributed by atoms with Gasteiger partial charge in [0.2, 0.25) is 70.9 Å². The average Bonchev–Trinajstić information content (AvgIpc) is 0.827. The van der Waals surface area contributed by atoms with Crippen LogP contribution in [-0.4, -0.2) is 238 Å². The molecular weight excluding hydrogens is 1320 g/mol. The molecule has 25 heteroatoms. The minimum Gasteiger partial charge on any atom is -0.342 e. The van der Waals surface area contributed by atoms with E-state index in [4.69, 9.17) is 0 Å². The van der Waals surface area contributed by atoms with E-state index >= 15 is 4.79 Å². The molecular formula is C69H109IN12O12. The molecule has 4 aliphatic rings. The van der Waals surface area contributed by atoms with Crippen LogP contribution >= 0.6 is 22.6 Å². The number of hydrogen-bond acceptors (Lipinski definition) is 12. The zero-order chi connectivity index (χ0) is 70.4. The van der Waals surface area contributed by atoms with E-state index in [-0.39, 0.29) is 56.4 Å². The van der Waals surface area contributed by atoms with Crippen LogP contribution in [0.5, 0.6) is 0 Å². The van der Waals surface area contributed by atoms with Crippen LogP contribution in [-0.2, 0) is 64.0 Å². The Balaban J connectivity index is 1.62. The topological polar surface area (TPSA) is 279 Å². The normalized spacial score (nSPS) is 27.1. The summed E-state index contributed by atoms with van der Waals surface area (Å²) in [5.74, 6) is -8.27. The Labute approximate surface area is 571 Å². The van der Waals surface area contributed by atoms with Gasteiger partial charge in [0.05, 0.1) is 13.0 Å². The number of nitrogens with zero attached hydrogens (tertiary/aromatic N) is 8. The molecule has 0 aromatic heterocycles. The Morgan fingerprint density at radius 3 is 1.85 bits per heavy atom. The van der Waals surface area contributed by atoms with Crippen LogP contribution in [0.1, 0.15) is 165 Å². The van der Waals surface area contributed by atoms with Gasteiger partial charge in [0.1, 0.15) is 59.9 Å². The summed E-state index contributed by atoms with van der Waals surface area (Å²) in [6, 6.07) is -3.51. The van der Waals surface area contributed by atoms with Gasteiger partial charge in [0.25, 0.3) is 0 Å². The van der Waals surface area contributed by atoms with Crippen LogP contribution in [0.4, 0.5) is 0 Å². The number of benzene rings is 1. The van der Waals surface area contributed by atoms with E-state index in [2.05, 4.69) is 50.4 Å². The fourth-order valence-electron chi connectivity index (χ4n) is 12.9. The molecule has 12 amide bonds.